The first-order valence-corrected chi connectivity index (χ1v) is 12.7. The molecule has 4 aromatic rings. The van der Waals surface area contributed by atoms with Crippen molar-refractivity contribution in [3.05, 3.63) is 70.0 Å². The van der Waals surface area contributed by atoms with Gasteiger partial charge in [-0.05, 0) is 43.4 Å². The first-order chi connectivity index (χ1) is 16.5. The van der Waals surface area contributed by atoms with Gasteiger partial charge < -0.3 is 15.5 Å². The fourth-order valence-corrected chi connectivity index (χ4v) is 6.21. The number of thioether (sulfide) groups is 1. The number of carbonyl (C=O) groups is 2. The first kappa shape index (κ1) is 22.4. The Kier molecular flexibility index (Phi) is 6.25. The molecule has 174 valence electrons. The molecule has 1 aliphatic carbocycles. The third kappa shape index (κ3) is 4.38. The average Bonchev–Trinajstić information content (AvgIpc) is 3.58. The normalized spacial score (nSPS) is 12.6. The molecule has 34 heavy (non-hydrogen) atoms. The molecule has 3 heterocycles. The number of carbonyl (C=O) groups excluding carboxylic acids is 2. The van der Waals surface area contributed by atoms with Crippen molar-refractivity contribution >= 4 is 39.9 Å². The van der Waals surface area contributed by atoms with E-state index in [1.54, 1.807) is 6.26 Å². The van der Waals surface area contributed by atoms with Crippen LogP contribution in [0.3, 0.4) is 0 Å². The van der Waals surface area contributed by atoms with Gasteiger partial charge in [-0.3, -0.25) is 14.2 Å². The molecule has 0 fully saturated rings. The summed E-state index contributed by atoms with van der Waals surface area (Å²) < 4.78 is 7.45. The standard InChI is InChI=1S/C24H23N5O3S2/c1-14-16(10-11-32-14)22-27-28-24(29(22)12-15-6-3-2-4-7-15)33-13-19(30)26-23-20(21(25)31)17-8-5-9-18(17)34-23/h2-4,6-7,10-11H,5,8-9,12-13H2,1H3,(H2,25,31)(H,26,30). The average molecular weight is 494 g/mol. The highest BCUT2D eigenvalue weighted by atomic mass is 32.2. The summed E-state index contributed by atoms with van der Waals surface area (Å²) in [6.07, 6.45) is 4.39. The first-order valence-electron chi connectivity index (χ1n) is 10.9. The number of hydrogen-bond donors (Lipinski definition) is 2. The summed E-state index contributed by atoms with van der Waals surface area (Å²) in [4.78, 5) is 25.9. The number of aromatic nitrogens is 3. The maximum absolute atomic E-state index is 12.8. The van der Waals surface area contributed by atoms with Gasteiger partial charge in [0.1, 0.15) is 10.8 Å². The van der Waals surface area contributed by atoms with E-state index >= 15 is 0 Å². The van der Waals surface area contributed by atoms with Crippen LogP contribution in [0.4, 0.5) is 5.00 Å². The number of rotatable bonds is 8. The summed E-state index contributed by atoms with van der Waals surface area (Å²) in [6.45, 7) is 2.44. The number of furan rings is 1. The van der Waals surface area contributed by atoms with Crippen LogP contribution in [0, 0.1) is 6.92 Å². The van der Waals surface area contributed by atoms with E-state index < -0.39 is 5.91 Å². The number of nitrogens with one attached hydrogen (secondary N) is 1. The van der Waals surface area contributed by atoms with Crippen molar-refractivity contribution in [1.82, 2.24) is 14.8 Å². The molecule has 0 unspecified atom stereocenters. The van der Waals surface area contributed by atoms with Gasteiger partial charge >= 0.3 is 0 Å². The van der Waals surface area contributed by atoms with Crippen molar-refractivity contribution in [3.63, 3.8) is 0 Å². The van der Waals surface area contributed by atoms with Gasteiger partial charge in [-0.1, -0.05) is 42.1 Å². The molecular weight excluding hydrogens is 470 g/mol. The Hall–Kier alpha value is -3.37. The maximum Gasteiger partial charge on any atom is 0.251 e. The van der Waals surface area contributed by atoms with E-state index in [9.17, 15) is 9.59 Å². The number of amides is 2. The lowest BCUT2D eigenvalue weighted by Crippen LogP contribution is -2.19. The van der Waals surface area contributed by atoms with E-state index in [-0.39, 0.29) is 11.7 Å². The lowest BCUT2D eigenvalue weighted by atomic mass is 10.1. The molecule has 3 N–H and O–H groups in total. The summed E-state index contributed by atoms with van der Waals surface area (Å²) in [6, 6.07) is 11.9. The topological polar surface area (TPSA) is 116 Å². The minimum Gasteiger partial charge on any atom is -0.469 e. The zero-order valence-electron chi connectivity index (χ0n) is 18.5. The largest absolute Gasteiger partial charge is 0.469 e. The van der Waals surface area contributed by atoms with Crippen LogP contribution in [0.25, 0.3) is 11.4 Å². The summed E-state index contributed by atoms with van der Waals surface area (Å²) in [5.41, 5.74) is 9.01. The Morgan fingerprint density at radius 1 is 1.21 bits per heavy atom. The Morgan fingerprint density at radius 3 is 2.76 bits per heavy atom. The maximum atomic E-state index is 12.8. The van der Waals surface area contributed by atoms with Crippen molar-refractivity contribution in [2.24, 2.45) is 5.73 Å². The van der Waals surface area contributed by atoms with Crippen molar-refractivity contribution < 1.29 is 14.0 Å². The smallest absolute Gasteiger partial charge is 0.251 e. The van der Waals surface area contributed by atoms with Crippen LogP contribution < -0.4 is 11.1 Å². The van der Waals surface area contributed by atoms with E-state index in [2.05, 4.69) is 15.5 Å². The molecule has 0 radical (unpaired) electrons. The minimum atomic E-state index is -0.495. The van der Waals surface area contributed by atoms with Gasteiger partial charge in [-0.15, -0.1) is 21.5 Å². The molecule has 1 aliphatic rings. The zero-order chi connectivity index (χ0) is 23.7. The summed E-state index contributed by atoms with van der Waals surface area (Å²) in [7, 11) is 0. The summed E-state index contributed by atoms with van der Waals surface area (Å²) in [5.74, 6) is 0.843. The Labute approximate surface area is 204 Å². The zero-order valence-corrected chi connectivity index (χ0v) is 20.2. The van der Waals surface area contributed by atoms with Crippen molar-refractivity contribution in [2.75, 3.05) is 11.1 Å². The highest BCUT2D eigenvalue weighted by molar-refractivity contribution is 7.99. The molecule has 0 spiro atoms. The molecule has 0 saturated carbocycles. The molecule has 10 heteroatoms. The second kappa shape index (κ2) is 9.47. The number of benzene rings is 1. The number of nitrogens with two attached hydrogens (primary N) is 1. The van der Waals surface area contributed by atoms with Crippen LogP contribution in [0.1, 0.15) is 38.5 Å². The highest BCUT2D eigenvalue weighted by Crippen LogP contribution is 2.39. The van der Waals surface area contributed by atoms with Crippen LogP contribution in [-0.4, -0.2) is 32.3 Å². The molecule has 1 aromatic carbocycles. The fourth-order valence-electron chi connectivity index (χ4n) is 4.17. The lowest BCUT2D eigenvalue weighted by Gasteiger charge is -2.10. The van der Waals surface area contributed by atoms with E-state index in [1.807, 2.05) is 47.9 Å². The Morgan fingerprint density at radius 2 is 2.03 bits per heavy atom. The van der Waals surface area contributed by atoms with Crippen LogP contribution in [0.15, 0.2) is 52.2 Å². The number of nitrogens with zero attached hydrogens (tertiary/aromatic N) is 3. The van der Waals surface area contributed by atoms with Gasteiger partial charge in [0.2, 0.25) is 5.91 Å². The van der Waals surface area contributed by atoms with Crippen LogP contribution >= 0.6 is 23.1 Å². The van der Waals surface area contributed by atoms with Gasteiger partial charge in [0.15, 0.2) is 11.0 Å². The molecular formula is C24H23N5O3S2. The predicted molar refractivity (Wildman–Crippen MR) is 132 cm³/mol. The lowest BCUT2D eigenvalue weighted by molar-refractivity contribution is -0.113. The molecule has 0 aliphatic heterocycles. The van der Waals surface area contributed by atoms with Crippen molar-refractivity contribution in [3.8, 4) is 11.4 Å². The quantitative estimate of drug-likeness (QED) is 0.354. The molecule has 2 amide bonds. The second-order valence-electron chi connectivity index (χ2n) is 8.03. The van der Waals surface area contributed by atoms with Gasteiger partial charge in [0.25, 0.3) is 5.91 Å². The number of thiophene rings is 1. The van der Waals surface area contributed by atoms with E-state index in [0.717, 1.165) is 46.6 Å². The van der Waals surface area contributed by atoms with Crippen molar-refractivity contribution in [2.45, 2.75) is 37.9 Å². The second-order valence-corrected chi connectivity index (χ2v) is 10.1. The van der Waals surface area contributed by atoms with Gasteiger partial charge in [-0.25, -0.2) is 0 Å². The molecule has 0 saturated heterocycles. The molecule has 8 nitrogen and oxygen atoms in total. The number of hydrogen-bond acceptors (Lipinski definition) is 7. The monoisotopic (exact) mass is 493 g/mol. The number of aryl methyl sites for hydroxylation is 2. The predicted octanol–water partition coefficient (Wildman–Crippen LogP) is 4.27. The summed E-state index contributed by atoms with van der Waals surface area (Å²) in [5, 5.41) is 12.8. The van der Waals surface area contributed by atoms with Gasteiger partial charge in [-0.2, -0.15) is 0 Å². The van der Waals surface area contributed by atoms with Crippen LogP contribution in [-0.2, 0) is 24.2 Å². The number of primary amides is 1. The molecule has 0 atom stereocenters. The third-order valence-corrected chi connectivity index (χ3v) is 7.93. The number of anilines is 1. The van der Waals surface area contributed by atoms with Gasteiger partial charge in [0, 0.05) is 4.88 Å². The highest BCUT2D eigenvalue weighted by Gasteiger charge is 2.26. The van der Waals surface area contributed by atoms with E-state index in [4.69, 9.17) is 10.2 Å². The van der Waals surface area contributed by atoms with E-state index in [0.29, 0.717) is 28.1 Å². The van der Waals surface area contributed by atoms with Crippen LogP contribution in [0.5, 0.6) is 0 Å². The molecule has 5 rings (SSSR count). The SMILES string of the molecule is Cc1occc1-c1nnc(SCC(=O)Nc2sc3c(c2C(N)=O)CCC3)n1Cc1ccccc1. The van der Waals surface area contributed by atoms with Crippen molar-refractivity contribution in [1.29, 1.82) is 0 Å². The number of fused-ring (bicyclic) bond motifs is 1. The molecule has 0 bridgehead atoms. The Balaban J connectivity index is 1.36. The minimum absolute atomic E-state index is 0.123. The third-order valence-electron chi connectivity index (χ3n) is 5.75. The van der Waals surface area contributed by atoms with E-state index in [1.165, 1.54) is 23.1 Å². The molecule has 3 aromatic heterocycles. The van der Waals surface area contributed by atoms with Gasteiger partial charge in [0.05, 0.1) is 29.7 Å². The van der Waals surface area contributed by atoms with Crippen LogP contribution in [0.2, 0.25) is 0 Å². The fraction of sp³-hybridized carbons (Fsp3) is 0.250. The Bertz CT molecular complexity index is 1360. The summed E-state index contributed by atoms with van der Waals surface area (Å²) >= 11 is 2.75.